The number of nitro benzene ring substituents is 1. The molecule has 1 unspecified atom stereocenters. The molecule has 1 N–H and O–H groups in total. The van der Waals surface area contributed by atoms with Gasteiger partial charge in [-0.2, -0.15) is 0 Å². The van der Waals surface area contributed by atoms with E-state index >= 15 is 0 Å². The summed E-state index contributed by atoms with van der Waals surface area (Å²) in [5.41, 5.74) is 0.576. The zero-order valence-electron chi connectivity index (χ0n) is 21.7. The van der Waals surface area contributed by atoms with E-state index in [1.165, 1.54) is 41.3 Å². The molecule has 0 heterocycles. The van der Waals surface area contributed by atoms with Gasteiger partial charge in [0, 0.05) is 29.2 Å². The van der Waals surface area contributed by atoms with Crippen LogP contribution in [0.1, 0.15) is 26.3 Å². The summed E-state index contributed by atoms with van der Waals surface area (Å²) in [6.45, 7) is 4.59. The Labute approximate surface area is 236 Å². The second-order valence-electron chi connectivity index (χ2n) is 9.09. The molecule has 3 rings (SSSR count). The van der Waals surface area contributed by atoms with E-state index in [9.17, 15) is 28.1 Å². The SMILES string of the molecule is CC(C)NC(=O)C(C)N(Cc1cccc(Br)c1)C(=O)CN(c1ccc([N+](=O)[O-])cc1)S(=O)(=O)c1ccccc1. The lowest BCUT2D eigenvalue weighted by atomic mass is 10.1. The first-order chi connectivity index (χ1) is 18.4. The van der Waals surface area contributed by atoms with Crippen LogP contribution in [-0.2, 0) is 26.2 Å². The molecule has 2 amide bonds. The maximum Gasteiger partial charge on any atom is 0.269 e. The van der Waals surface area contributed by atoms with E-state index in [0.29, 0.717) is 0 Å². The highest BCUT2D eigenvalue weighted by Gasteiger charge is 2.32. The van der Waals surface area contributed by atoms with Gasteiger partial charge in [-0.3, -0.25) is 24.0 Å². The van der Waals surface area contributed by atoms with Crippen LogP contribution in [0.5, 0.6) is 0 Å². The number of halogens is 1. The van der Waals surface area contributed by atoms with Crippen LogP contribution in [0.3, 0.4) is 0 Å². The summed E-state index contributed by atoms with van der Waals surface area (Å²) in [7, 11) is -4.25. The van der Waals surface area contributed by atoms with E-state index in [2.05, 4.69) is 21.2 Å². The average molecular weight is 618 g/mol. The normalized spacial score (nSPS) is 12.0. The number of rotatable bonds is 11. The number of carbonyl (C=O) groups is 2. The van der Waals surface area contributed by atoms with E-state index in [4.69, 9.17) is 0 Å². The van der Waals surface area contributed by atoms with Crippen molar-refractivity contribution in [1.82, 2.24) is 10.2 Å². The largest absolute Gasteiger partial charge is 0.352 e. The fraction of sp³-hybridized carbons (Fsp3) is 0.259. The van der Waals surface area contributed by atoms with Crippen molar-refractivity contribution >= 4 is 49.1 Å². The minimum Gasteiger partial charge on any atom is -0.352 e. The summed E-state index contributed by atoms with van der Waals surface area (Å²) < 4.78 is 29.1. The topological polar surface area (TPSA) is 130 Å². The van der Waals surface area contributed by atoms with Crippen LogP contribution in [-0.4, -0.2) is 48.7 Å². The number of amides is 2. The average Bonchev–Trinajstić information content (AvgIpc) is 2.90. The van der Waals surface area contributed by atoms with Gasteiger partial charge in [-0.1, -0.05) is 46.3 Å². The van der Waals surface area contributed by atoms with Gasteiger partial charge >= 0.3 is 0 Å². The van der Waals surface area contributed by atoms with Crippen molar-refractivity contribution in [1.29, 1.82) is 0 Å². The standard InChI is InChI=1S/C27H29BrN4O6S/c1-19(2)29-27(34)20(3)30(17-21-8-7-9-22(28)16-21)26(33)18-31(23-12-14-24(15-13-23)32(35)36)39(37,38)25-10-5-4-6-11-25/h4-16,19-20H,17-18H2,1-3H3,(H,29,34). The number of nitrogens with one attached hydrogen (secondary N) is 1. The lowest BCUT2D eigenvalue weighted by Crippen LogP contribution is -2.52. The zero-order valence-corrected chi connectivity index (χ0v) is 24.1. The van der Waals surface area contributed by atoms with Gasteiger partial charge < -0.3 is 10.2 Å². The Morgan fingerprint density at radius 3 is 2.18 bits per heavy atom. The summed E-state index contributed by atoms with van der Waals surface area (Å²) >= 11 is 3.41. The van der Waals surface area contributed by atoms with E-state index in [0.717, 1.165) is 14.3 Å². The number of carbonyl (C=O) groups excluding carboxylic acids is 2. The number of anilines is 1. The molecule has 0 saturated heterocycles. The Morgan fingerprint density at radius 1 is 0.974 bits per heavy atom. The summed E-state index contributed by atoms with van der Waals surface area (Å²) in [5.74, 6) is -1.01. The number of sulfonamides is 1. The van der Waals surface area contributed by atoms with E-state index in [1.54, 1.807) is 51.1 Å². The maximum atomic E-state index is 13.8. The Balaban J connectivity index is 2.04. The third kappa shape index (κ3) is 7.64. The molecule has 0 aromatic heterocycles. The lowest BCUT2D eigenvalue weighted by molar-refractivity contribution is -0.384. The van der Waals surface area contributed by atoms with Crippen molar-refractivity contribution in [2.75, 3.05) is 10.8 Å². The Hall–Kier alpha value is -3.77. The molecule has 3 aromatic carbocycles. The zero-order chi connectivity index (χ0) is 28.7. The van der Waals surface area contributed by atoms with Gasteiger partial charge in [-0.05, 0) is 62.7 Å². The monoisotopic (exact) mass is 616 g/mol. The van der Waals surface area contributed by atoms with Crippen molar-refractivity contribution in [2.24, 2.45) is 0 Å². The van der Waals surface area contributed by atoms with Crippen LogP contribution in [0.25, 0.3) is 0 Å². The van der Waals surface area contributed by atoms with Gasteiger partial charge in [0.2, 0.25) is 11.8 Å². The highest BCUT2D eigenvalue weighted by molar-refractivity contribution is 9.10. The first-order valence-electron chi connectivity index (χ1n) is 12.1. The number of benzene rings is 3. The third-order valence-electron chi connectivity index (χ3n) is 5.80. The van der Waals surface area contributed by atoms with Gasteiger partial charge in [0.05, 0.1) is 15.5 Å². The van der Waals surface area contributed by atoms with Crippen molar-refractivity contribution in [2.45, 2.75) is 44.3 Å². The molecule has 0 radical (unpaired) electrons. The van der Waals surface area contributed by atoms with Crippen LogP contribution in [0.2, 0.25) is 0 Å². The molecule has 0 aliphatic rings. The predicted molar refractivity (Wildman–Crippen MR) is 152 cm³/mol. The number of nitrogens with zero attached hydrogens (tertiary/aromatic N) is 3. The molecule has 3 aromatic rings. The quantitative estimate of drug-likeness (QED) is 0.249. The number of hydrogen-bond donors (Lipinski definition) is 1. The fourth-order valence-electron chi connectivity index (χ4n) is 3.81. The van der Waals surface area contributed by atoms with Crippen LogP contribution in [0.15, 0.2) is 88.2 Å². The molecular weight excluding hydrogens is 588 g/mol. The molecule has 12 heteroatoms. The van der Waals surface area contributed by atoms with Crippen molar-refractivity contribution in [3.8, 4) is 0 Å². The first kappa shape index (κ1) is 29.8. The number of non-ortho nitro benzene ring substituents is 1. The second kappa shape index (κ2) is 12.9. The third-order valence-corrected chi connectivity index (χ3v) is 8.08. The van der Waals surface area contributed by atoms with Gasteiger partial charge in [-0.15, -0.1) is 0 Å². The number of hydrogen-bond acceptors (Lipinski definition) is 6. The molecule has 0 spiro atoms. The molecule has 39 heavy (non-hydrogen) atoms. The van der Waals surface area contributed by atoms with E-state index in [1.807, 2.05) is 12.1 Å². The molecule has 0 saturated carbocycles. The van der Waals surface area contributed by atoms with Crippen LogP contribution in [0, 0.1) is 10.1 Å². The smallest absolute Gasteiger partial charge is 0.269 e. The molecule has 10 nitrogen and oxygen atoms in total. The molecule has 1 atom stereocenters. The maximum absolute atomic E-state index is 13.8. The number of nitro groups is 1. The van der Waals surface area contributed by atoms with Crippen molar-refractivity contribution < 1.29 is 22.9 Å². The molecule has 0 aliphatic heterocycles. The molecule has 0 fully saturated rings. The summed E-state index contributed by atoms with van der Waals surface area (Å²) in [6, 6.07) is 18.6. The van der Waals surface area contributed by atoms with E-state index in [-0.39, 0.29) is 34.8 Å². The van der Waals surface area contributed by atoms with Crippen molar-refractivity contribution in [3.63, 3.8) is 0 Å². The molecule has 0 aliphatic carbocycles. The predicted octanol–water partition coefficient (Wildman–Crippen LogP) is 4.49. The van der Waals surface area contributed by atoms with Gasteiger partial charge in [0.1, 0.15) is 12.6 Å². The minimum absolute atomic E-state index is 0.0461. The lowest BCUT2D eigenvalue weighted by Gasteiger charge is -2.32. The summed E-state index contributed by atoms with van der Waals surface area (Å²) in [6.07, 6.45) is 0. The van der Waals surface area contributed by atoms with Crippen LogP contribution < -0.4 is 9.62 Å². The molecule has 206 valence electrons. The van der Waals surface area contributed by atoms with Crippen LogP contribution >= 0.6 is 15.9 Å². The Kier molecular flexibility index (Phi) is 9.81. The summed E-state index contributed by atoms with van der Waals surface area (Å²) in [5, 5.41) is 13.9. The molecular formula is C27H29BrN4O6S. The highest BCUT2D eigenvalue weighted by Crippen LogP contribution is 2.26. The first-order valence-corrected chi connectivity index (χ1v) is 14.3. The van der Waals surface area contributed by atoms with E-state index < -0.39 is 33.4 Å². The van der Waals surface area contributed by atoms with Crippen molar-refractivity contribution in [3.05, 3.63) is 99.0 Å². The Bertz CT molecular complexity index is 1430. The summed E-state index contributed by atoms with van der Waals surface area (Å²) in [4.78, 5) is 38.6. The Morgan fingerprint density at radius 2 is 1.62 bits per heavy atom. The molecule has 0 bridgehead atoms. The highest BCUT2D eigenvalue weighted by atomic mass is 79.9. The minimum atomic E-state index is -4.25. The van der Waals surface area contributed by atoms with Gasteiger partial charge in [-0.25, -0.2) is 8.42 Å². The van der Waals surface area contributed by atoms with Gasteiger partial charge in [0.15, 0.2) is 0 Å². The fourth-order valence-corrected chi connectivity index (χ4v) is 5.69. The van der Waals surface area contributed by atoms with Crippen LogP contribution in [0.4, 0.5) is 11.4 Å². The second-order valence-corrected chi connectivity index (χ2v) is 11.9. The van der Waals surface area contributed by atoms with Gasteiger partial charge in [0.25, 0.3) is 15.7 Å².